The van der Waals surface area contributed by atoms with Crippen molar-refractivity contribution in [2.75, 3.05) is 39.3 Å². The van der Waals surface area contributed by atoms with Crippen LogP contribution in [-0.4, -0.2) is 77.7 Å². The lowest BCUT2D eigenvalue weighted by molar-refractivity contribution is 0.182. The Kier molecular flexibility index (Phi) is 14.8. The highest BCUT2D eigenvalue weighted by atomic mass is 16.2. The van der Waals surface area contributed by atoms with Crippen molar-refractivity contribution in [3.05, 3.63) is 52.2 Å². The molecule has 2 amide bonds. The van der Waals surface area contributed by atoms with Crippen LogP contribution in [0.3, 0.4) is 0 Å². The quantitative estimate of drug-likeness (QED) is 0.114. The van der Waals surface area contributed by atoms with Gasteiger partial charge in [0.2, 0.25) is 0 Å². The minimum Gasteiger partial charge on any atom is -0.370 e. The fourth-order valence-electron chi connectivity index (χ4n) is 4.68. The third-order valence-corrected chi connectivity index (χ3v) is 6.92. The van der Waals surface area contributed by atoms with Crippen molar-refractivity contribution in [3.8, 4) is 11.1 Å². The SMILES string of the molecule is CC(C)(C)NC(=O)N[C@H]1CCCN(CCCN)C1.CC(C)(C)c1ncc(-c2ccc(CNCCCN=C(N)N)cc2)c(=O)[nH]1. The molecule has 1 atom stereocenters. The number of carbonyl (C=O) groups is 1. The van der Waals surface area contributed by atoms with E-state index < -0.39 is 0 Å². The molecular formula is C32H56N10O2. The summed E-state index contributed by atoms with van der Waals surface area (Å²) >= 11 is 0. The minimum absolute atomic E-state index is 0.0619. The number of H-pyrrole nitrogens is 1. The number of aromatic amines is 1. The Morgan fingerprint density at radius 2 is 1.82 bits per heavy atom. The monoisotopic (exact) mass is 612 g/mol. The van der Waals surface area contributed by atoms with E-state index in [1.54, 1.807) is 6.20 Å². The third-order valence-electron chi connectivity index (χ3n) is 6.92. The summed E-state index contributed by atoms with van der Waals surface area (Å²) in [7, 11) is 0. The van der Waals surface area contributed by atoms with Crippen molar-refractivity contribution in [2.45, 2.75) is 90.8 Å². The highest BCUT2D eigenvalue weighted by Crippen LogP contribution is 2.19. The molecule has 246 valence electrons. The summed E-state index contributed by atoms with van der Waals surface area (Å²) in [5.41, 5.74) is 18.2. The molecule has 0 spiro atoms. The molecule has 1 saturated heterocycles. The fraction of sp³-hybridized carbons (Fsp3) is 0.625. The molecule has 12 heteroatoms. The molecule has 0 bridgehead atoms. The molecule has 0 radical (unpaired) electrons. The van der Waals surface area contributed by atoms with Crippen LogP contribution in [0.1, 0.15) is 78.6 Å². The van der Waals surface area contributed by atoms with E-state index in [4.69, 9.17) is 17.2 Å². The van der Waals surface area contributed by atoms with Gasteiger partial charge in [0.1, 0.15) is 5.82 Å². The predicted molar refractivity (Wildman–Crippen MR) is 181 cm³/mol. The maximum Gasteiger partial charge on any atom is 0.315 e. The molecule has 2 aromatic rings. The Balaban J connectivity index is 0.000000329. The number of hydrogen-bond donors (Lipinski definition) is 7. The number of guanidine groups is 1. The Bertz CT molecular complexity index is 1230. The van der Waals surface area contributed by atoms with Gasteiger partial charge in [0.25, 0.3) is 5.56 Å². The van der Waals surface area contributed by atoms with Gasteiger partial charge >= 0.3 is 6.03 Å². The summed E-state index contributed by atoms with van der Waals surface area (Å²) in [4.78, 5) is 37.8. The lowest BCUT2D eigenvalue weighted by Crippen LogP contribution is -2.54. The Morgan fingerprint density at radius 1 is 1.11 bits per heavy atom. The smallest absolute Gasteiger partial charge is 0.315 e. The first-order valence-corrected chi connectivity index (χ1v) is 15.6. The number of carbonyl (C=O) groups excluding carboxylic acids is 1. The van der Waals surface area contributed by atoms with E-state index in [-0.39, 0.29) is 34.5 Å². The molecule has 1 fully saturated rings. The molecule has 10 N–H and O–H groups in total. The molecule has 1 aromatic carbocycles. The maximum atomic E-state index is 12.4. The number of nitrogens with two attached hydrogens (primary N) is 3. The molecule has 0 saturated carbocycles. The van der Waals surface area contributed by atoms with Crippen LogP contribution < -0.4 is 38.7 Å². The van der Waals surface area contributed by atoms with Crippen LogP contribution in [0.2, 0.25) is 0 Å². The molecule has 0 aliphatic carbocycles. The van der Waals surface area contributed by atoms with E-state index in [0.717, 1.165) is 76.1 Å². The van der Waals surface area contributed by atoms with Crippen molar-refractivity contribution in [3.63, 3.8) is 0 Å². The highest BCUT2D eigenvalue weighted by Gasteiger charge is 2.22. The maximum absolute atomic E-state index is 12.4. The fourth-order valence-corrected chi connectivity index (χ4v) is 4.68. The van der Waals surface area contributed by atoms with Gasteiger partial charge in [0, 0.05) is 42.8 Å². The van der Waals surface area contributed by atoms with Gasteiger partial charge in [0.15, 0.2) is 5.96 Å². The average Bonchev–Trinajstić information content (AvgIpc) is 2.93. The van der Waals surface area contributed by atoms with Gasteiger partial charge in [-0.25, -0.2) is 9.78 Å². The van der Waals surface area contributed by atoms with Crippen molar-refractivity contribution in [1.29, 1.82) is 0 Å². The third kappa shape index (κ3) is 14.3. The number of nitrogens with zero attached hydrogens (tertiary/aromatic N) is 3. The number of hydrogen-bond acceptors (Lipinski definition) is 7. The summed E-state index contributed by atoms with van der Waals surface area (Å²) in [6.45, 7) is 18.1. The molecular weight excluding hydrogens is 556 g/mol. The Labute approximate surface area is 263 Å². The van der Waals surface area contributed by atoms with Gasteiger partial charge in [-0.1, -0.05) is 45.0 Å². The lowest BCUT2D eigenvalue weighted by Gasteiger charge is -2.33. The van der Waals surface area contributed by atoms with Crippen molar-refractivity contribution < 1.29 is 4.79 Å². The summed E-state index contributed by atoms with van der Waals surface area (Å²) in [5, 5.41) is 9.33. The van der Waals surface area contributed by atoms with Crippen LogP contribution >= 0.6 is 0 Å². The number of piperidine rings is 1. The Hall–Kier alpha value is -3.48. The number of aliphatic imine (C=N–C) groups is 1. The van der Waals surface area contributed by atoms with Crippen LogP contribution in [0.15, 0.2) is 40.2 Å². The number of nitrogens with one attached hydrogen (secondary N) is 4. The second kappa shape index (κ2) is 17.7. The van der Waals surface area contributed by atoms with Gasteiger partial charge in [-0.15, -0.1) is 0 Å². The molecule has 0 unspecified atom stereocenters. The molecule has 3 rings (SSSR count). The molecule has 1 aromatic heterocycles. The van der Waals surface area contributed by atoms with Crippen molar-refractivity contribution >= 4 is 12.0 Å². The zero-order chi connectivity index (χ0) is 32.8. The lowest BCUT2D eigenvalue weighted by atomic mass is 9.95. The van der Waals surface area contributed by atoms with Crippen molar-refractivity contribution in [1.82, 2.24) is 30.8 Å². The second-order valence-electron chi connectivity index (χ2n) is 13.4. The number of aromatic nitrogens is 2. The van der Waals surface area contributed by atoms with Crippen LogP contribution in [0, 0.1) is 0 Å². The number of benzene rings is 1. The van der Waals surface area contributed by atoms with Crippen LogP contribution in [0.5, 0.6) is 0 Å². The van der Waals surface area contributed by atoms with E-state index in [9.17, 15) is 9.59 Å². The largest absolute Gasteiger partial charge is 0.370 e. The van der Waals surface area contributed by atoms with Crippen LogP contribution in [-0.2, 0) is 12.0 Å². The second-order valence-corrected chi connectivity index (χ2v) is 13.4. The first kappa shape index (κ1) is 36.7. The molecule has 1 aliphatic rings. The number of amides is 2. The predicted octanol–water partition coefficient (Wildman–Crippen LogP) is 2.38. The first-order valence-electron chi connectivity index (χ1n) is 15.6. The van der Waals surface area contributed by atoms with Gasteiger partial charge in [-0.2, -0.15) is 0 Å². The zero-order valence-electron chi connectivity index (χ0n) is 27.6. The van der Waals surface area contributed by atoms with Gasteiger partial charge in [-0.05, 0) is 83.8 Å². The molecule has 1 aliphatic heterocycles. The van der Waals surface area contributed by atoms with E-state index >= 15 is 0 Å². The number of urea groups is 1. The van der Waals surface area contributed by atoms with E-state index in [0.29, 0.717) is 17.9 Å². The summed E-state index contributed by atoms with van der Waals surface area (Å²) < 4.78 is 0. The topological polar surface area (TPSA) is 193 Å². The minimum atomic E-state index is -0.186. The first-order chi connectivity index (χ1) is 20.7. The zero-order valence-corrected chi connectivity index (χ0v) is 27.6. The highest BCUT2D eigenvalue weighted by molar-refractivity contribution is 5.75. The van der Waals surface area contributed by atoms with Gasteiger partial charge in [-0.3, -0.25) is 9.79 Å². The molecule has 44 heavy (non-hydrogen) atoms. The number of likely N-dealkylation sites (tertiary alicyclic amines) is 1. The van der Waals surface area contributed by atoms with E-state index in [2.05, 4.69) is 35.8 Å². The Morgan fingerprint density at radius 3 is 2.41 bits per heavy atom. The molecule has 2 heterocycles. The normalized spacial score (nSPS) is 15.6. The average molecular weight is 613 g/mol. The van der Waals surface area contributed by atoms with Gasteiger partial charge in [0.05, 0.1) is 5.56 Å². The van der Waals surface area contributed by atoms with E-state index in [1.807, 2.05) is 65.8 Å². The van der Waals surface area contributed by atoms with Gasteiger partial charge < -0.3 is 43.0 Å². The summed E-state index contributed by atoms with van der Waals surface area (Å²) in [6, 6.07) is 8.11. The van der Waals surface area contributed by atoms with Crippen molar-refractivity contribution in [2.24, 2.45) is 22.2 Å². The standard InChI is InChI=1S/C19H28N6O.C13H28N4O/c1-19(2,3)17-24-12-15(16(26)25-17)14-7-5-13(6-8-14)11-22-9-4-10-23-18(20)21;1-13(2,3)16-12(18)15-11-6-4-8-17(10-11)9-5-7-14/h5-8,12,22H,4,9-11H2,1-3H3,(H4,20,21,23)(H,24,25,26);11H,4-10,14H2,1-3H3,(H2,15,16,18)/t;11-/m.0/s1. The van der Waals surface area contributed by atoms with Crippen LogP contribution in [0.4, 0.5) is 4.79 Å². The summed E-state index contributed by atoms with van der Waals surface area (Å²) in [6.07, 6.45) is 5.76. The van der Waals surface area contributed by atoms with Crippen LogP contribution in [0.25, 0.3) is 11.1 Å². The van der Waals surface area contributed by atoms with E-state index in [1.165, 1.54) is 0 Å². The number of rotatable bonds is 11. The molecule has 12 nitrogen and oxygen atoms in total. The summed E-state index contributed by atoms with van der Waals surface area (Å²) in [5.74, 6) is 0.813.